The largest absolute Gasteiger partial charge is 0.449 e. The molecule has 1 aromatic rings. The van der Waals surface area contributed by atoms with Crippen LogP contribution < -0.4 is 4.74 Å². The highest BCUT2D eigenvalue weighted by Crippen LogP contribution is 2.42. The van der Waals surface area contributed by atoms with Gasteiger partial charge >= 0.3 is 0 Å². The minimum atomic E-state index is 0.919. The number of ether oxygens (including phenoxy) is 1. The lowest BCUT2D eigenvalue weighted by Gasteiger charge is -2.00. The molecule has 0 saturated carbocycles. The van der Waals surface area contributed by atoms with Crippen molar-refractivity contribution in [1.82, 2.24) is 0 Å². The Morgan fingerprint density at radius 1 is 1.00 bits per heavy atom. The zero-order chi connectivity index (χ0) is 13.9. The van der Waals surface area contributed by atoms with Crippen LogP contribution in [0.4, 0.5) is 0 Å². The maximum absolute atomic E-state index is 5.78. The summed E-state index contributed by atoms with van der Waals surface area (Å²) < 4.78 is 7.87. The van der Waals surface area contributed by atoms with Gasteiger partial charge in [0.1, 0.15) is 19.8 Å². The number of hydrogen-bond acceptors (Lipinski definition) is 2. The number of allylic oxidation sites excluding steroid dienone is 7. The molecule has 1 aliphatic heterocycles. The normalized spacial score (nSPS) is 18.2. The minimum absolute atomic E-state index is 0.919. The molecule has 0 spiro atoms. The molecule has 3 heteroatoms. The summed E-state index contributed by atoms with van der Waals surface area (Å²) in [5.41, 5.74) is 2.37. The summed E-state index contributed by atoms with van der Waals surface area (Å²) in [4.78, 5) is 1.18. The lowest BCUT2D eigenvalue weighted by molar-refractivity contribution is -0.462. The standard InChI is InChI=1S/C17H16NOS/c1-18(2)14-10-7-13(8-11-14)9-12-17-19-15-5-3-4-6-16(15)20-17/h3-12H,1-2H3/q+1/b17-12+. The summed E-state index contributed by atoms with van der Waals surface area (Å²) in [5.74, 6) is 0.945. The summed E-state index contributed by atoms with van der Waals surface area (Å²) in [7, 11) is 4.09. The van der Waals surface area contributed by atoms with E-state index < -0.39 is 0 Å². The van der Waals surface area contributed by atoms with Crippen molar-refractivity contribution in [3.05, 3.63) is 71.4 Å². The van der Waals surface area contributed by atoms with E-state index in [1.807, 2.05) is 38.4 Å². The van der Waals surface area contributed by atoms with Gasteiger partial charge in [-0.1, -0.05) is 18.2 Å². The SMILES string of the molecule is C[N+](C)=C1C=CC(=C/C=C2\Oc3ccccc3S2)C=C1. The van der Waals surface area contributed by atoms with Crippen LogP contribution in [0.15, 0.2) is 76.3 Å². The number of thioether (sulfide) groups is 1. The molecule has 0 aromatic heterocycles. The second kappa shape index (κ2) is 5.55. The van der Waals surface area contributed by atoms with Crippen molar-refractivity contribution in [3.8, 4) is 5.75 Å². The predicted molar refractivity (Wildman–Crippen MR) is 84.5 cm³/mol. The molecule has 0 N–H and O–H groups in total. The van der Waals surface area contributed by atoms with Gasteiger partial charge in [-0.2, -0.15) is 0 Å². The Morgan fingerprint density at radius 2 is 1.75 bits per heavy atom. The van der Waals surface area contributed by atoms with Gasteiger partial charge in [-0.25, -0.2) is 4.58 Å². The molecule has 0 radical (unpaired) electrons. The van der Waals surface area contributed by atoms with Crippen molar-refractivity contribution in [2.24, 2.45) is 0 Å². The van der Waals surface area contributed by atoms with Crippen LogP contribution in [-0.2, 0) is 0 Å². The molecule has 2 aliphatic rings. The third-order valence-electron chi connectivity index (χ3n) is 3.09. The summed E-state index contributed by atoms with van der Waals surface area (Å²) in [6.07, 6.45) is 12.5. The lowest BCUT2D eigenvalue weighted by atomic mass is 10.1. The molecule has 1 aliphatic carbocycles. The number of fused-ring (bicyclic) bond motifs is 1. The van der Waals surface area contributed by atoms with Crippen LogP contribution in [0.25, 0.3) is 0 Å². The fraction of sp³-hybridized carbons (Fsp3) is 0.118. The first-order valence-corrected chi connectivity index (χ1v) is 7.31. The Morgan fingerprint density at radius 3 is 2.45 bits per heavy atom. The van der Waals surface area contributed by atoms with Gasteiger partial charge < -0.3 is 4.74 Å². The third kappa shape index (κ3) is 2.78. The molecule has 0 bridgehead atoms. The highest BCUT2D eigenvalue weighted by Gasteiger charge is 2.16. The van der Waals surface area contributed by atoms with Crippen molar-refractivity contribution in [3.63, 3.8) is 0 Å². The first kappa shape index (κ1) is 13.0. The van der Waals surface area contributed by atoms with Crippen LogP contribution in [0, 0.1) is 0 Å². The van der Waals surface area contributed by atoms with Crippen molar-refractivity contribution in [1.29, 1.82) is 0 Å². The fourth-order valence-electron chi connectivity index (χ4n) is 1.97. The number of rotatable bonds is 1. The zero-order valence-electron chi connectivity index (χ0n) is 11.5. The summed E-state index contributed by atoms with van der Waals surface area (Å²) in [6.45, 7) is 0. The van der Waals surface area contributed by atoms with Crippen molar-refractivity contribution in [2.75, 3.05) is 14.1 Å². The Hall–Kier alpha value is -2.00. The topological polar surface area (TPSA) is 12.2 Å². The van der Waals surface area contributed by atoms with Crippen LogP contribution in [-0.4, -0.2) is 24.4 Å². The van der Waals surface area contributed by atoms with Gasteiger partial charge in [-0.05, 0) is 47.7 Å². The van der Waals surface area contributed by atoms with E-state index in [0.717, 1.165) is 10.8 Å². The van der Waals surface area contributed by atoms with Gasteiger partial charge in [0, 0.05) is 12.2 Å². The number of para-hydroxylation sites is 1. The van der Waals surface area contributed by atoms with Gasteiger partial charge in [-0.3, -0.25) is 0 Å². The molecule has 2 nitrogen and oxygen atoms in total. The van der Waals surface area contributed by atoms with Crippen molar-refractivity contribution in [2.45, 2.75) is 4.90 Å². The Kier molecular flexibility index (Phi) is 3.61. The molecule has 0 atom stereocenters. The second-order valence-electron chi connectivity index (χ2n) is 4.79. The van der Waals surface area contributed by atoms with Gasteiger partial charge in [0.2, 0.25) is 0 Å². The van der Waals surface area contributed by atoms with E-state index >= 15 is 0 Å². The average Bonchev–Trinajstić information content (AvgIpc) is 2.88. The minimum Gasteiger partial charge on any atom is -0.449 e. The maximum Gasteiger partial charge on any atom is 0.199 e. The molecule has 20 heavy (non-hydrogen) atoms. The smallest absolute Gasteiger partial charge is 0.199 e. The van der Waals surface area contributed by atoms with E-state index in [4.69, 9.17) is 4.74 Å². The van der Waals surface area contributed by atoms with Crippen LogP contribution >= 0.6 is 11.8 Å². The molecule has 0 saturated heterocycles. The van der Waals surface area contributed by atoms with E-state index in [-0.39, 0.29) is 0 Å². The van der Waals surface area contributed by atoms with Crippen molar-refractivity contribution < 1.29 is 9.31 Å². The van der Waals surface area contributed by atoms with Crippen LogP contribution in [0.5, 0.6) is 5.75 Å². The van der Waals surface area contributed by atoms with E-state index in [1.165, 1.54) is 16.2 Å². The van der Waals surface area contributed by atoms with E-state index in [2.05, 4.69) is 41.0 Å². The molecule has 1 heterocycles. The summed E-state index contributed by atoms with van der Waals surface area (Å²) >= 11 is 1.66. The first-order valence-electron chi connectivity index (χ1n) is 6.49. The molecule has 1 aromatic carbocycles. The van der Waals surface area contributed by atoms with Gasteiger partial charge in [0.05, 0.1) is 4.90 Å². The first-order chi connectivity index (χ1) is 9.72. The lowest BCUT2D eigenvalue weighted by Crippen LogP contribution is -2.09. The van der Waals surface area contributed by atoms with Gasteiger partial charge in [0.15, 0.2) is 10.8 Å². The molecule has 0 amide bonds. The monoisotopic (exact) mass is 282 g/mol. The van der Waals surface area contributed by atoms with E-state index in [1.54, 1.807) is 11.8 Å². The molecular weight excluding hydrogens is 266 g/mol. The van der Waals surface area contributed by atoms with Crippen LogP contribution in [0.2, 0.25) is 0 Å². The van der Waals surface area contributed by atoms with Crippen molar-refractivity contribution >= 4 is 17.5 Å². The quantitative estimate of drug-likeness (QED) is 0.727. The number of hydrogen-bond donors (Lipinski definition) is 0. The molecule has 0 fully saturated rings. The Balaban J connectivity index is 1.74. The molecule has 0 unspecified atom stereocenters. The second-order valence-corrected chi connectivity index (χ2v) is 5.84. The summed E-state index contributed by atoms with van der Waals surface area (Å²) in [5, 5.41) is 0.919. The highest BCUT2D eigenvalue weighted by atomic mass is 32.2. The third-order valence-corrected chi connectivity index (χ3v) is 4.07. The van der Waals surface area contributed by atoms with E-state index in [0.29, 0.717) is 0 Å². The Labute approximate surface area is 123 Å². The van der Waals surface area contributed by atoms with Gasteiger partial charge in [-0.15, -0.1) is 0 Å². The highest BCUT2D eigenvalue weighted by molar-refractivity contribution is 8.03. The molecular formula is C17H16NOS+. The van der Waals surface area contributed by atoms with Crippen LogP contribution in [0.1, 0.15) is 0 Å². The predicted octanol–water partition coefficient (Wildman–Crippen LogP) is 3.78. The average molecular weight is 282 g/mol. The van der Waals surface area contributed by atoms with Gasteiger partial charge in [0.25, 0.3) is 0 Å². The number of benzene rings is 1. The van der Waals surface area contributed by atoms with Crippen LogP contribution in [0.3, 0.4) is 0 Å². The zero-order valence-corrected chi connectivity index (χ0v) is 12.4. The van der Waals surface area contributed by atoms with E-state index in [9.17, 15) is 0 Å². The summed E-state index contributed by atoms with van der Waals surface area (Å²) in [6, 6.07) is 8.09. The molecule has 3 rings (SSSR count). The maximum atomic E-state index is 5.78. The number of nitrogens with zero attached hydrogens (tertiary/aromatic N) is 1. The molecule has 100 valence electrons. The Bertz CT molecular complexity index is 644. The fourth-order valence-corrected chi connectivity index (χ4v) is 2.81.